The minimum absolute atomic E-state index is 0.00517. The zero-order valence-electron chi connectivity index (χ0n) is 16.7. The Hall–Kier alpha value is -2.80. The van der Waals surface area contributed by atoms with Gasteiger partial charge < -0.3 is 9.64 Å². The number of nitrogens with zero attached hydrogens (tertiary/aromatic N) is 1. The molecule has 2 aromatic carbocycles. The fourth-order valence-corrected chi connectivity index (χ4v) is 4.35. The summed E-state index contributed by atoms with van der Waals surface area (Å²) >= 11 is 0. The molecule has 0 saturated carbocycles. The minimum atomic E-state index is -3.69. The van der Waals surface area contributed by atoms with E-state index in [2.05, 4.69) is 11.6 Å². The monoisotopic (exact) mass is 414 g/mol. The van der Waals surface area contributed by atoms with Gasteiger partial charge in [-0.1, -0.05) is 19.1 Å². The van der Waals surface area contributed by atoms with Crippen molar-refractivity contribution < 1.29 is 17.9 Å². The normalized spacial score (nSPS) is 17.3. The molecule has 0 spiro atoms. The van der Waals surface area contributed by atoms with E-state index in [-0.39, 0.29) is 10.8 Å². The second kappa shape index (κ2) is 9.13. The first kappa shape index (κ1) is 20.9. The number of carbonyl (C=O) groups is 1. The van der Waals surface area contributed by atoms with Gasteiger partial charge in [0.2, 0.25) is 5.91 Å². The van der Waals surface area contributed by atoms with E-state index in [1.165, 1.54) is 12.1 Å². The van der Waals surface area contributed by atoms with E-state index < -0.39 is 10.0 Å². The van der Waals surface area contributed by atoms with Crippen molar-refractivity contribution in [1.29, 1.82) is 0 Å². The van der Waals surface area contributed by atoms with Crippen LogP contribution in [0.3, 0.4) is 0 Å². The summed E-state index contributed by atoms with van der Waals surface area (Å²) in [5.74, 6) is 1.18. The number of hydrogen-bond donors (Lipinski definition) is 1. The van der Waals surface area contributed by atoms with Crippen LogP contribution in [-0.4, -0.2) is 39.4 Å². The molecule has 6 nitrogen and oxygen atoms in total. The van der Waals surface area contributed by atoms with Gasteiger partial charge in [0.25, 0.3) is 10.0 Å². The minimum Gasteiger partial charge on any atom is -0.497 e. The zero-order valence-corrected chi connectivity index (χ0v) is 17.5. The number of piperidine rings is 1. The van der Waals surface area contributed by atoms with E-state index in [0.717, 1.165) is 31.5 Å². The molecule has 0 aromatic heterocycles. The van der Waals surface area contributed by atoms with E-state index >= 15 is 0 Å². The molecule has 0 radical (unpaired) electrons. The van der Waals surface area contributed by atoms with Gasteiger partial charge >= 0.3 is 0 Å². The van der Waals surface area contributed by atoms with E-state index in [1.54, 1.807) is 55.7 Å². The molecule has 154 valence electrons. The lowest BCUT2D eigenvalue weighted by atomic mass is 10.0. The van der Waals surface area contributed by atoms with Crippen molar-refractivity contribution in [2.24, 2.45) is 5.92 Å². The Bertz CT molecular complexity index is 967. The molecular formula is C22H26N2O4S. The van der Waals surface area contributed by atoms with Crippen LogP contribution in [0, 0.1) is 5.92 Å². The summed E-state index contributed by atoms with van der Waals surface area (Å²) in [5.41, 5.74) is 1.22. The molecule has 1 amide bonds. The van der Waals surface area contributed by atoms with Gasteiger partial charge in [0.05, 0.1) is 12.0 Å². The third-order valence-corrected chi connectivity index (χ3v) is 6.32. The standard InChI is InChI=1S/C22H26N2O4S/c1-17-4-3-15-24(16-17)22(25)14-7-18-5-12-21(13-6-18)29(26,27)23-19-8-10-20(28-2)11-9-19/h5-14,17,23H,3-4,15-16H2,1-2H3/b14-7+. The van der Waals surface area contributed by atoms with Gasteiger partial charge in [-0.25, -0.2) is 8.42 Å². The number of methoxy groups -OCH3 is 1. The van der Waals surface area contributed by atoms with Gasteiger partial charge in [-0.3, -0.25) is 9.52 Å². The van der Waals surface area contributed by atoms with Crippen LogP contribution in [0.1, 0.15) is 25.3 Å². The Kier molecular flexibility index (Phi) is 6.59. The topological polar surface area (TPSA) is 75.7 Å². The molecule has 1 unspecified atom stereocenters. The Morgan fingerprint density at radius 2 is 1.83 bits per heavy atom. The fourth-order valence-electron chi connectivity index (χ4n) is 3.29. The summed E-state index contributed by atoms with van der Waals surface area (Å²) in [4.78, 5) is 14.3. The van der Waals surface area contributed by atoms with Gasteiger partial charge in [-0.05, 0) is 66.8 Å². The molecule has 1 atom stereocenters. The van der Waals surface area contributed by atoms with Crippen molar-refractivity contribution in [1.82, 2.24) is 4.90 Å². The van der Waals surface area contributed by atoms with Crippen molar-refractivity contribution in [3.05, 3.63) is 60.2 Å². The molecule has 1 N–H and O–H groups in total. The molecular weight excluding hydrogens is 388 g/mol. The van der Waals surface area contributed by atoms with E-state index in [9.17, 15) is 13.2 Å². The molecule has 1 aliphatic heterocycles. The molecule has 1 saturated heterocycles. The molecule has 2 aromatic rings. The molecule has 0 bridgehead atoms. The molecule has 29 heavy (non-hydrogen) atoms. The largest absolute Gasteiger partial charge is 0.497 e. The van der Waals surface area contributed by atoms with E-state index in [4.69, 9.17) is 4.74 Å². The maximum absolute atomic E-state index is 12.5. The van der Waals surface area contributed by atoms with E-state index in [1.807, 2.05) is 4.90 Å². The summed E-state index contributed by atoms with van der Waals surface area (Å²) in [6, 6.07) is 13.1. The van der Waals surface area contributed by atoms with Crippen molar-refractivity contribution in [2.75, 3.05) is 24.9 Å². The number of nitrogens with one attached hydrogen (secondary N) is 1. The van der Waals surface area contributed by atoms with Crippen molar-refractivity contribution >= 4 is 27.7 Å². The Labute approximate surface area is 172 Å². The third-order valence-electron chi connectivity index (χ3n) is 4.92. The first-order valence-corrected chi connectivity index (χ1v) is 11.1. The molecule has 1 fully saturated rings. The number of amides is 1. The van der Waals surface area contributed by atoms with Gasteiger partial charge in [-0.2, -0.15) is 0 Å². The Morgan fingerprint density at radius 3 is 2.45 bits per heavy atom. The van der Waals surface area contributed by atoms with Crippen LogP contribution < -0.4 is 9.46 Å². The average molecular weight is 415 g/mol. The number of carbonyl (C=O) groups excluding carboxylic acids is 1. The summed E-state index contributed by atoms with van der Waals surface area (Å²) in [7, 11) is -2.14. The first-order valence-electron chi connectivity index (χ1n) is 9.61. The van der Waals surface area contributed by atoms with Crippen LogP contribution >= 0.6 is 0 Å². The third kappa shape index (κ3) is 5.60. The Balaban J connectivity index is 1.64. The van der Waals surface area contributed by atoms with Crippen LogP contribution in [0.15, 0.2) is 59.5 Å². The van der Waals surface area contributed by atoms with Gasteiger partial charge in [0.15, 0.2) is 0 Å². The van der Waals surface area contributed by atoms with E-state index in [0.29, 0.717) is 17.4 Å². The second-order valence-electron chi connectivity index (χ2n) is 7.27. The second-order valence-corrected chi connectivity index (χ2v) is 8.95. The molecule has 3 rings (SSSR count). The highest BCUT2D eigenvalue weighted by molar-refractivity contribution is 7.92. The SMILES string of the molecule is COc1ccc(NS(=O)(=O)c2ccc(/C=C/C(=O)N3CCCC(C)C3)cc2)cc1. The number of rotatable bonds is 6. The fraction of sp³-hybridized carbons (Fsp3) is 0.318. The number of sulfonamides is 1. The Morgan fingerprint density at radius 1 is 1.14 bits per heavy atom. The lowest BCUT2D eigenvalue weighted by Crippen LogP contribution is -2.38. The molecule has 0 aliphatic carbocycles. The predicted octanol–water partition coefficient (Wildman–Crippen LogP) is 3.77. The number of hydrogen-bond acceptors (Lipinski definition) is 4. The summed E-state index contributed by atoms with van der Waals surface area (Å²) < 4.78 is 32.7. The zero-order chi connectivity index (χ0) is 20.9. The van der Waals surface area contributed by atoms with Crippen LogP contribution in [0.25, 0.3) is 6.08 Å². The maximum Gasteiger partial charge on any atom is 0.261 e. The van der Waals surface area contributed by atoms with Crippen molar-refractivity contribution in [3.63, 3.8) is 0 Å². The lowest BCUT2D eigenvalue weighted by Gasteiger charge is -2.30. The molecule has 7 heteroatoms. The highest BCUT2D eigenvalue weighted by Gasteiger charge is 2.19. The van der Waals surface area contributed by atoms with Crippen LogP contribution in [-0.2, 0) is 14.8 Å². The molecule has 1 heterocycles. The van der Waals surface area contributed by atoms with Crippen molar-refractivity contribution in [3.8, 4) is 5.75 Å². The first-order chi connectivity index (χ1) is 13.9. The van der Waals surface area contributed by atoms with Gasteiger partial charge in [-0.15, -0.1) is 0 Å². The van der Waals surface area contributed by atoms with Gasteiger partial charge in [0, 0.05) is 24.9 Å². The molecule has 1 aliphatic rings. The summed E-state index contributed by atoms with van der Waals surface area (Å²) in [6.07, 6.45) is 5.47. The average Bonchev–Trinajstić information content (AvgIpc) is 2.72. The number of benzene rings is 2. The summed E-state index contributed by atoms with van der Waals surface area (Å²) in [6.45, 7) is 3.74. The van der Waals surface area contributed by atoms with Crippen LogP contribution in [0.2, 0.25) is 0 Å². The van der Waals surface area contributed by atoms with Crippen LogP contribution in [0.5, 0.6) is 5.75 Å². The van der Waals surface area contributed by atoms with Crippen molar-refractivity contribution in [2.45, 2.75) is 24.7 Å². The number of likely N-dealkylation sites (tertiary alicyclic amines) is 1. The smallest absolute Gasteiger partial charge is 0.261 e. The maximum atomic E-state index is 12.5. The quantitative estimate of drug-likeness (QED) is 0.730. The summed E-state index contributed by atoms with van der Waals surface area (Å²) in [5, 5.41) is 0. The highest BCUT2D eigenvalue weighted by atomic mass is 32.2. The number of ether oxygens (including phenoxy) is 1. The number of anilines is 1. The van der Waals surface area contributed by atoms with Gasteiger partial charge in [0.1, 0.15) is 5.75 Å². The predicted molar refractivity (Wildman–Crippen MR) is 114 cm³/mol. The highest BCUT2D eigenvalue weighted by Crippen LogP contribution is 2.20. The van der Waals surface area contributed by atoms with Crippen LogP contribution in [0.4, 0.5) is 5.69 Å². The lowest BCUT2D eigenvalue weighted by molar-refractivity contribution is -0.127.